The van der Waals surface area contributed by atoms with E-state index in [0.29, 0.717) is 6.54 Å². The quantitative estimate of drug-likeness (QED) is 0.740. The van der Waals surface area contributed by atoms with Crippen LogP contribution in [-0.2, 0) is 11.3 Å². The normalized spacial score (nSPS) is 10.7. The molecule has 0 bridgehead atoms. The number of pyridine rings is 1. The maximum absolute atomic E-state index is 12.2. The highest BCUT2D eigenvalue weighted by atomic mass is 16.1. The number of aryl methyl sites for hydroxylation is 1. The molecule has 0 fully saturated rings. The van der Waals surface area contributed by atoms with Crippen molar-refractivity contribution in [3.8, 4) is 5.69 Å². The van der Waals surface area contributed by atoms with Gasteiger partial charge in [-0.3, -0.25) is 4.79 Å². The zero-order chi connectivity index (χ0) is 18.0. The predicted molar refractivity (Wildman–Crippen MR) is 99.5 cm³/mol. The summed E-state index contributed by atoms with van der Waals surface area (Å²) >= 11 is 0. The van der Waals surface area contributed by atoms with Crippen LogP contribution in [0, 0.1) is 6.92 Å². The lowest BCUT2D eigenvalue weighted by molar-refractivity contribution is -0.117. The molecule has 1 amide bonds. The first-order valence-corrected chi connectivity index (χ1v) is 8.30. The van der Waals surface area contributed by atoms with Crippen molar-refractivity contribution in [2.45, 2.75) is 34.2 Å². The van der Waals surface area contributed by atoms with Gasteiger partial charge in [0.2, 0.25) is 5.91 Å². The maximum atomic E-state index is 12.2. The van der Waals surface area contributed by atoms with Gasteiger partial charge in [0.05, 0.1) is 17.9 Å². The number of hydrogen-bond acceptors (Lipinski definition) is 3. The number of rotatable bonds is 4. The fourth-order valence-electron chi connectivity index (χ4n) is 2.68. The topological polar surface area (TPSA) is 59.8 Å². The van der Waals surface area contributed by atoms with Gasteiger partial charge in [-0.2, -0.15) is 5.10 Å². The minimum atomic E-state index is -0.0658. The molecule has 2 aromatic heterocycles. The van der Waals surface area contributed by atoms with Gasteiger partial charge in [0.1, 0.15) is 0 Å². The van der Waals surface area contributed by atoms with E-state index in [-0.39, 0.29) is 5.91 Å². The zero-order valence-corrected chi connectivity index (χ0v) is 15.0. The smallest absolute Gasteiger partial charge is 0.247 e. The Balaban J connectivity index is 2.02. The third kappa shape index (κ3) is 3.31. The van der Waals surface area contributed by atoms with Crippen molar-refractivity contribution in [3.05, 3.63) is 65.0 Å². The Morgan fingerprint density at radius 3 is 2.52 bits per heavy atom. The summed E-state index contributed by atoms with van der Waals surface area (Å²) in [6.45, 7) is 8.10. The Morgan fingerprint density at radius 1 is 1.12 bits per heavy atom. The number of nitrogens with one attached hydrogen (secondary N) is 1. The third-order valence-electron chi connectivity index (χ3n) is 4.36. The second-order valence-electron chi connectivity index (χ2n) is 6.33. The number of para-hydroxylation sites is 1. The van der Waals surface area contributed by atoms with Crippen LogP contribution >= 0.6 is 0 Å². The number of carbonyl (C=O) groups excluding carboxylic acids is 1. The van der Waals surface area contributed by atoms with Gasteiger partial charge in [0.15, 0.2) is 5.65 Å². The maximum Gasteiger partial charge on any atom is 0.247 e. The molecule has 0 aliphatic rings. The largest absolute Gasteiger partial charge is 0.347 e. The van der Waals surface area contributed by atoms with Gasteiger partial charge < -0.3 is 5.32 Å². The molecular weight excluding hydrogens is 312 g/mol. The van der Waals surface area contributed by atoms with Crippen LogP contribution in [0.1, 0.15) is 32.0 Å². The Labute approximate surface area is 147 Å². The Hall–Kier alpha value is -2.95. The van der Waals surface area contributed by atoms with E-state index in [1.165, 1.54) is 0 Å². The zero-order valence-electron chi connectivity index (χ0n) is 15.0. The number of fused-ring (bicyclic) bond motifs is 1. The molecule has 0 radical (unpaired) electrons. The number of carbonyl (C=O) groups is 1. The molecule has 0 unspecified atom stereocenters. The van der Waals surface area contributed by atoms with E-state index in [0.717, 1.165) is 39.1 Å². The van der Waals surface area contributed by atoms with Crippen LogP contribution in [0.5, 0.6) is 0 Å². The van der Waals surface area contributed by atoms with Crippen molar-refractivity contribution in [1.82, 2.24) is 20.1 Å². The fourth-order valence-corrected chi connectivity index (χ4v) is 2.68. The van der Waals surface area contributed by atoms with Gasteiger partial charge in [-0.15, -0.1) is 0 Å². The van der Waals surface area contributed by atoms with E-state index in [4.69, 9.17) is 5.10 Å². The number of hydrogen-bond donors (Lipinski definition) is 1. The van der Waals surface area contributed by atoms with Gasteiger partial charge in [-0.1, -0.05) is 23.8 Å². The molecular formula is C20H22N4O. The SMILES string of the molecule is CC(C)=C(C)C(=O)NCc1nn(-c2ccccc2)c2nccc(C)c12. The highest BCUT2D eigenvalue weighted by Crippen LogP contribution is 2.23. The van der Waals surface area contributed by atoms with Crippen molar-refractivity contribution in [1.29, 1.82) is 0 Å². The predicted octanol–water partition coefficient (Wildman–Crippen LogP) is 3.70. The number of aromatic nitrogens is 3. The summed E-state index contributed by atoms with van der Waals surface area (Å²) in [5.41, 5.74) is 5.41. The molecule has 0 atom stereocenters. The monoisotopic (exact) mass is 334 g/mol. The van der Waals surface area contributed by atoms with E-state index in [1.54, 1.807) is 6.20 Å². The first kappa shape index (κ1) is 16.9. The average Bonchev–Trinajstić information content (AvgIpc) is 2.99. The number of benzene rings is 1. The van der Waals surface area contributed by atoms with Crippen LogP contribution < -0.4 is 5.32 Å². The van der Waals surface area contributed by atoms with Crippen LogP contribution in [0.4, 0.5) is 0 Å². The van der Waals surface area contributed by atoms with E-state index >= 15 is 0 Å². The van der Waals surface area contributed by atoms with Gasteiger partial charge in [0, 0.05) is 17.2 Å². The van der Waals surface area contributed by atoms with Crippen LogP contribution in [0.15, 0.2) is 53.7 Å². The molecule has 0 saturated carbocycles. The van der Waals surface area contributed by atoms with E-state index < -0.39 is 0 Å². The van der Waals surface area contributed by atoms with E-state index in [1.807, 2.05) is 68.8 Å². The minimum absolute atomic E-state index is 0.0658. The molecule has 0 aliphatic carbocycles. The highest BCUT2D eigenvalue weighted by molar-refractivity contribution is 5.93. The molecule has 1 aromatic carbocycles. The number of amides is 1. The van der Waals surface area contributed by atoms with Crippen LogP contribution in [-0.4, -0.2) is 20.7 Å². The summed E-state index contributed by atoms with van der Waals surface area (Å²) in [4.78, 5) is 16.7. The van der Waals surface area contributed by atoms with Crippen LogP contribution in [0.3, 0.4) is 0 Å². The minimum Gasteiger partial charge on any atom is -0.347 e. The molecule has 5 nitrogen and oxygen atoms in total. The van der Waals surface area contributed by atoms with Crippen molar-refractivity contribution in [3.63, 3.8) is 0 Å². The number of allylic oxidation sites excluding steroid dienone is 1. The lowest BCUT2D eigenvalue weighted by Gasteiger charge is -2.06. The fraction of sp³-hybridized carbons (Fsp3) is 0.250. The second kappa shape index (κ2) is 6.89. The molecule has 2 heterocycles. The molecule has 0 aliphatic heterocycles. The van der Waals surface area contributed by atoms with E-state index in [9.17, 15) is 4.79 Å². The van der Waals surface area contributed by atoms with Crippen molar-refractivity contribution in [2.75, 3.05) is 0 Å². The van der Waals surface area contributed by atoms with Crippen molar-refractivity contribution < 1.29 is 4.79 Å². The lowest BCUT2D eigenvalue weighted by Crippen LogP contribution is -2.24. The van der Waals surface area contributed by atoms with Gasteiger partial charge >= 0.3 is 0 Å². The summed E-state index contributed by atoms with van der Waals surface area (Å²) < 4.78 is 1.83. The first-order chi connectivity index (χ1) is 12.0. The molecule has 1 N–H and O–H groups in total. The van der Waals surface area contributed by atoms with Crippen molar-refractivity contribution in [2.24, 2.45) is 0 Å². The Morgan fingerprint density at radius 2 is 1.84 bits per heavy atom. The lowest BCUT2D eigenvalue weighted by atomic mass is 10.1. The second-order valence-corrected chi connectivity index (χ2v) is 6.33. The summed E-state index contributed by atoms with van der Waals surface area (Å²) in [7, 11) is 0. The van der Waals surface area contributed by atoms with Crippen molar-refractivity contribution >= 4 is 16.9 Å². The summed E-state index contributed by atoms with van der Waals surface area (Å²) in [6, 6.07) is 11.9. The first-order valence-electron chi connectivity index (χ1n) is 8.30. The number of nitrogens with zero attached hydrogens (tertiary/aromatic N) is 3. The summed E-state index contributed by atoms with van der Waals surface area (Å²) in [5, 5.41) is 8.67. The molecule has 0 spiro atoms. The van der Waals surface area contributed by atoms with Crippen LogP contribution in [0.25, 0.3) is 16.7 Å². The molecule has 25 heavy (non-hydrogen) atoms. The van der Waals surface area contributed by atoms with E-state index in [2.05, 4.69) is 10.3 Å². The van der Waals surface area contributed by atoms with Gasteiger partial charge in [-0.05, 0) is 51.5 Å². The molecule has 0 saturated heterocycles. The third-order valence-corrected chi connectivity index (χ3v) is 4.36. The molecule has 5 heteroatoms. The molecule has 128 valence electrons. The molecule has 3 aromatic rings. The Bertz CT molecular complexity index is 950. The summed E-state index contributed by atoms with van der Waals surface area (Å²) in [5.74, 6) is -0.0658. The van der Waals surface area contributed by atoms with Gasteiger partial charge in [0.25, 0.3) is 0 Å². The Kier molecular flexibility index (Phi) is 4.65. The summed E-state index contributed by atoms with van der Waals surface area (Å²) in [6.07, 6.45) is 1.79. The standard InChI is InChI=1S/C20H22N4O/c1-13(2)15(4)20(25)22-12-17-18-14(3)10-11-21-19(18)24(23-17)16-8-6-5-7-9-16/h5-11H,12H2,1-4H3,(H,22,25). The molecule has 3 rings (SSSR count). The van der Waals surface area contributed by atoms with Crippen LogP contribution in [0.2, 0.25) is 0 Å². The highest BCUT2D eigenvalue weighted by Gasteiger charge is 2.16. The van der Waals surface area contributed by atoms with Gasteiger partial charge in [-0.25, -0.2) is 9.67 Å². The average molecular weight is 334 g/mol.